The second-order valence-corrected chi connectivity index (χ2v) is 6.87. The molecule has 5 nitrogen and oxygen atoms in total. The van der Waals surface area contributed by atoms with Crippen molar-refractivity contribution in [3.8, 4) is 23.0 Å². The van der Waals surface area contributed by atoms with Crippen molar-refractivity contribution < 1.29 is 9.84 Å². The average molecular weight is 441 g/mol. The number of aromatic hydroxyl groups is 1. The number of phenols is 1. The lowest BCUT2D eigenvalue weighted by atomic mass is 10.1. The average Bonchev–Trinajstić information content (AvgIpc) is 2.61. The largest absolute Gasteiger partial charge is 0.505 e. The van der Waals surface area contributed by atoms with Crippen molar-refractivity contribution in [2.24, 2.45) is 0 Å². The molecule has 0 bridgehead atoms. The van der Waals surface area contributed by atoms with Crippen molar-refractivity contribution in [2.75, 3.05) is 6.61 Å². The van der Waals surface area contributed by atoms with Crippen LogP contribution in [-0.2, 0) is 6.42 Å². The van der Waals surface area contributed by atoms with Gasteiger partial charge in [0, 0.05) is 16.5 Å². The van der Waals surface area contributed by atoms with E-state index in [0.717, 1.165) is 16.5 Å². The molecule has 1 heterocycles. The Balaban J connectivity index is 1.63. The Kier molecular flexibility index (Phi) is 5.73. The molecule has 0 saturated heterocycles. The maximum atomic E-state index is 9.59. The van der Waals surface area contributed by atoms with Crippen molar-refractivity contribution in [2.45, 2.75) is 6.42 Å². The van der Waals surface area contributed by atoms with Gasteiger partial charge in [-0.3, -0.25) is 0 Å². The molecule has 0 radical (unpaired) electrons. The third kappa shape index (κ3) is 4.60. The van der Waals surface area contributed by atoms with Gasteiger partial charge in [0.25, 0.3) is 0 Å². The van der Waals surface area contributed by atoms with Gasteiger partial charge in [-0.2, -0.15) is 0 Å². The van der Waals surface area contributed by atoms with Crippen LogP contribution in [0.25, 0.3) is 11.3 Å². The molecule has 3 aromatic rings. The highest BCUT2D eigenvalue weighted by Crippen LogP contribution is 2.35. The SMILES string of the molecule is Oc1c(Cl)cc(-c2cnc(OCCc3ccc(Br)cc3)nn2)cc1Cl. The zero-order valence-corrected chi connectivity index (χ0v) is 15.9. The number of halogens is 3. The molecule has 0 atom stereocenters. The van der Waals surface area contributed by atoms with Crippen LogP contribution in [0, 0.1) is 0 Å². The fourth-order valence-corrected chi connectivity index (χ4v) is 2.84. The van der Waals surface area contributed by atoms with Crippen LogP contribution in [0.1, 0.15) is 5.56 Å². The van der Waals surface area contributed by atoms with Crippen LogP contribution in [0.5, 0.6) is 11.8 Å². The van der Waals surface area contributed by atoms with Crippen LogP contribution in [0.15, 0.2) is 47.1 Å². The van der Waals surface area contributed by atoms with E-state index in [2.05, 4.69) is 31.1 Å². The summed E-state index contributed by atoms with van der Waals surface area (Å²) >= 11 is 15.2. The second kappa shape index (κ2) is 7.99. The van der Waals surface area contributed by atoms with E-state index < -0.39 is 0 Å². The lowest BCUT2D eigenvalue weighted by Crippen LogP contribution is -2.05. The van der Waals surface area contributed by atoms with Gasteiger partial charge in [0.05, 0.1) is 22.8 Å². The third-order valence-electron chi connectivity index (χ3n) is 3.39. The summed E-state index contributed by atoms with van der Waals surface area (Å²) in [5.74, 6) is -0.166. The molecule has 128 valence electrons. The molecule has 0 saturated carbocycles. The standard InChI is InChI=1S/C17H12BrCl2N3O2/c18-12-3-1-10(2-4-12)5-6-25-17-21-9-15(22-23-17)11-7-13(19)16(24)14(20)8-11/h1-4,7-9,24H,5-6H2. The first-order chi connectivity index (χ1) is 12.0. The van der Waals surface area contributed by atoms with Crippen LogP contribution in [0.2, 0.25) is 10.0 Å². The number of hydrogen-bond donors (Lipinski definition) is 1. The Morgan fingerprint density at radius 3 is 2.32 bits per heavy atom. The molecule has 0 aliphatic carbocycles. The first-order valence-electron chi connectivity index (χ1n) is 7.28. The molecule has 1 aromatic heterocycles. The van der Waals surface area contributed by atoms with Gasteiger partial charge in [-0.05, 0) is 29.8 Å². The zero-order chi connectivity index (χ0) is 17.8. The molecule has 0 aliphatic rings. The maximum Gasteiger partial charge on any atom is 0.335 e. The fraction of sp³-hybridized carbons (Fsp3) is 0.118. The first kappa shape index (κ1) is 17.9. The van der Waals surface area contributed by atoms with Gasteiger partial charge in [0.15, 0.2) is 5.75 Å². The van der Waals surface area contributed by atoms with Crippen LogP contribution in [-0.4, -0.2) is 26.9 Å². The molecular weight excluding hydrogens is 429 g/mol. The molecule has 0 amide bonds. The van der Waals surface area contributed by atoms with Gasteiger partial charge in [-0.1, -0.05) is 56.4 Å². The number of benzene rings is 2. The van der Waals surface area contributed by atoms with Gasteiger partial charge in [0.2, 0.25) is 0 Å². The van der Waals surface area contributed by atoms with E-state index in [-0.39, 0.29) is 21.8 Å². The number of ether oxygens (including phenoxy) is 1. The van der Waals surface area contributed by atoms with Crippen LogP contribution >= 0.6 is 39.1 Å². The van der Waals surface area contributed by atoms with Crippen molar-refractivity contribution in [1.29, 1.82) is 0 Å². The number of aromatic nitrogens is 3. The summed E-state index contributed by atoms with van der Waals surface area (Å²) in [4.78, 5) is 4.13. The predicted molar refractivity (Wildman–Crippen MR) is 100 cm³/mol. The number of hydrogen-bond acceptors (Lipinski definition) is 5. The molecule has 25 heavy (non-hydrogen) atoms. The number of phenolic OH excluding ortho intramolecular Hbond substituents is 1. The van der Waals surface area contributed by atoms with E-state index in [1.807, 2.05) is 24.3 Å². The van der Waals surface area contributed by atoms with E-state index in [1.165, 1.54) is 6.20 Å². The molecule has 0 fully saturated rings. The van der Waals surface area contributed by atoms with Gasteiger partial charge in [-0.25, -0.2) is 4.98 Å². The maximum absolute atomic E-state index is 9.59. The first-order valence-corrected chi connectivity index (χ1v) is 8.83. The van der Waals surface area contributed by atoms with Crippen LogP contribution in [0.4, 0.5) is 0 Å². The summed E-state index contributed by atoms with van der Waals surface area (Å²) in [6, 6.07) is 11.3. The monoisotopic (exact) mass is 439 g/mol. The Labute approximate surface area is 162 Å². The number of nitrogens with zero attached hydrogens (tertiary/aromatic N) is 3. The highest BCUT2D eigenvalue weighted by Gasteiger charge is 2.10. The minimum absolute atomic E-state index is 0.138. The molecule has 0 spiro atoms. The van der Waals surface area contributed by atoms with Crippen LogP contribution < -0.4 is 4.74 Å². The topological polar surface area (TPSA) is 68.1 Å². The van der Waals surface area contributed by atoms with E-state index in [1.54, 1.807) is 12.1 Å². The lowest BCUT2D eigenvalue weighted by molar-refractivity contribution is 0.292. The molecular formula is C17H12BrCl2N3O2. The highest BCUT2D eigenvalue weighted by atomic mass is 79.9. The van der Waals surface area contributed by atoms with Crippen molar-refractivity contribution >= 4 is 39.1 Å². The highest BCUT2D eigenvalue weighted by molar-refractivity contribution is 9.10. The summed E-state index contributed by atoms with van der Waals surface area (Å²) in [5.41, 5.74) is 2.24. The summed E-state index contributed by atoms with van der Waals surface area (Å²) in [5, 5.41) is 17.9. The van der Waals surface area contributed by atoms with E-state index in [0.29, 0.717) is 17.9 Å². The predicted octanol–water partition coefficient (Wildman–Crippen LogP) is 4.94. The van der Waals surface area contributed by atoms with Crippen molar-refractivity contribution in [1.82, 2.24) is 15.2 Å². The summed E-state index contributed by atoms with van der Waals surface area (Å²) in [6.07, 6.45) is 2.25. The lowest BCUT2D eigenvalue weighted by Gasteiger charge is -2.06. The van der Waals surface area contributed by atoms with E-state index in [4.69, 9.17) is 27.9 Å². The molecule has 0 unspecified atom stereocenters. The molecule has 0 aliphatic heterocycles. The van der Waals surface area contributed by atoms with Gasteiger partial charge >= 0.3 is 6.01 Å². The summed E-state index contributed by atoms with van der Waals surface area (Å²) in [7, 11) is 0. The van der Waals surface area contributed by atoms with E-state index >= 15 is 0 Å². The molecule has 2 aromatic carbocycles. The smallest absolute Gasteiger partial charge is 0.335 e. The minimum Gasteiger partial charge on any atom is -0.505 e. The Morgan fingerprint density at radius 1 is 1.04 bits per heavy atom. The Bertz CT molecular complexity index is 851. The molecule has 1 N–H and O–H groups in total. The van der Waals surface area contributed by atoms with Crippen LogP contribution in [0.3, 0.4) is 0 Å². The quantitative estimate of drug-likeness (QED) is 0.608. The second-order valence-electron chi connectivity index (χ2n) is 5.14. The van der Waals surface area contributed by atoms with Crippen molar-refractivity contribution in [3.63, 3.8) is 0 Å². The normalized spacial score (nSPS) is 10.7. The van der Waals surface area contributed by atoms with Crippen molar-refractivity contribution in [3.05, 3.63) is 62.7 Å². The van der Waals surface area contributed by atoms with Gasteiger partial charge in [-0.15, -0.1) is 5.10 Å². The molecule has 8 heteroatoms. The summed E-state index contributed by atoms with van der Waals surface area (Å²) in [6.45, 7) is 0.444. The van der Waals surface area contributed by atoms with Gasteiger partial charge in [0.1, 0.15) is 5.69 Å². The minimum atomic E-state index is -0.166. The number of rotatable bonds is 5. The Hall–Kier alpha value is -1.89. The zero-order valence-electron chi connectivity index (χ0n) is 12.8. The Morgan fingerprint density at radius 2 is 1.72 bits per heavy atom. The van der Waals surface area contributed by atoms with E-state index in [9.17, 15) is 5.11 Å². The fourth-order valence-electron chi connectivity index (χ4n) is 2.09. The molecule has 3 rings (SSSR count). The third-order valence-corrected chi connectivity index (χ3v) is 4.49. The summed E-state index contributed by atoms with van der Waals surface area (Å²) < 4.78 is 6.55. The van der Waals surface area contributed by atoms with Gasteiger partial charge < -0.3 is 9.84 Å².